The molecule has 0 aliphatic carbocycles. The molecular formula is C22H26ClN7O2. The minimum absolute atomic E-state index is 0.0806. The van der Waals surface area contributed by atoms with E-state index in [1.54, 1.807) is 24.8 Å². The van der Waals surface area contributed by atoms with Crippen molar-refractivity contribution in [3.63, 3.8) is 0 Å². The number of nitrogens with zero attached hydrogens (tertiary/aromatic N) is 6. The van der Waals surface area contributed by atoms with Crippen LogP contribution in [0.5, 0.6) is 5.75 Å². The molecule has 9 nitrogen and oxygen atoms in total. The van der Waals surface area contributed by atoms with Crippen LogP contribution in [0.25, 0.3) is 11.0 Å². The van der Waals surface area contributed by atoms with Crippen molar-refractivity contribution in [2.75, 3.05) is 32.5 Å². The van der Waals surface area contributed by atoms with Gasteiger partial charge in [0.1, 0.15) is 24.0 Å². The summed E-state index contributed by atoms with van der Waals surface area (Å²) < 4.78 is 7.64. The van der Waals surface area contributed by atoms with Gasteiger partial charge >= 0.3 is 0 Å². The van der Waals surface area contributed by atoms with E-state index in [0.717, 1.165) is 29.9 Å². The molecule has 2 atom stereocenters. The lowest BCUT2D eigenvalue weighted by Gasteiger charge is -2.41. The maximum absolute atomic E-state index is 9.83. The van der Waals surface area contributed by atoms with Gasteiger partial charge in [-0.15, -0.1) is 0 Å². The summed E-state index contributed by atoms with van der Waals surface area (Å²) in [5.74, 6) is 1.09. The standard InChI is InChI=1S/C22H26ClN7O2/c1-11(31)7-29-8-14(9-29)19-16(6-24)17(23)5-15(20(19)32-4)13(3)30-22-18(12(2)28-30)21(25)26-10-27-22/h5,10-11,13-14,31H,7-9H2,1-4H3,(H2,25,26,27)/t11?,13-/m1/s1. The number of methoxy groups -OCH3 is 1. The van der Waals surface area contributed by atoms with Crippen molar-refractivity contribution in [1.29, 1.82) is 5.26 Å². The Kier molecular flexibility index (Phi) is 5.95. The summed E-state index contributed by atoms with van der Waals surface area (Å²) in [6, 6.07) is 3.74. The van der Waals surface area contributed by atoms with Gasteiger partial charge in [-0.3, -0.25) is 4.90 Å². The molecule has 3 heterocycles. The van der Waals surface area contributed by atoms with E-state index < -0.39 is 6.10 Å². The number of aromatic nitrogens is 4. The molecule has 1 fully saturated rings. The molecule has 4 rings (SSSR count). The molecular weight excluding hydrogens is 430 g/mol. The monoisotopic (exact) mass is 455 g/mol. The summed E-state index contributed by atoms with van der Waals surface area (Å²) in [6.45, 7) is 7.64. The summed E-state index contributed by atoms with van der Waals surface area (Å²) in [5, 5.41) is 25.3. The minimum Gasteiger partial charge on any atom is -0.496 e. The first-order valence-electron chi connectivity index (χ1n) is 10.4. The van der Waals surface area contributed by atoms with Gasteiger partial charge in [-0.05, 0) is 26.8 Å². The third-order valence-corrected chi connectivity index (χ3v) is 6.31. The summed E-state index contributed by atoms with van der Waals surface area (Å²) in [4.78, 5) is 10.6. The van der Waals surface area contributed by atoms with E-state index in [1.165, 1.54) is 6.33 Å². The first-order valence-corrected chi connectivity index (χ1v) is 10.8. The molecule has 0 bridgehead atoms. The Morgan fingerprint density at radius 1 is 1.38 bits per heavy atom. The number of halogens is 1. The summed E-state index contributed by atoms with van der Waals surface area (Å²) in [6.07, 6.45) is 1.01. The van der Waals surface area contributed by atoms with E-state index in [1.807, 2.05) is 13.8 Å². The van der Waals surface area contributed by atoms with Crippen LogP contribution in [0.15, 0.2) is 12.4 Å². The Bertz CT molecular complexity index is 1210. The maximum atomic E-state index is 9.83. The molecule has 10 heteroatoms. The number of likely N-dealkylation sites (tertiary alicyclic amines) is 1. The maximum Gasteiger partial charge on any atom is 0.164 e. The van der Waals surface area contributed by atoms with Gasteiger partial charge in [0.05, 0.1) is 40.9 Å². The highest BCUT2D eigenvalue weighted by Gasteiger charge is 2.35. The number of aliphatic hydroxyl groups is 1. The molecule has 3 N–H and O–H groups in total. The topological polar surface area (TPSA) is 126 Å². The second-order valence-electron chi connectivity index (χ2n) is 8.31. The second-order valence-corrected chi connectivity index (χ2v) is 8.72. The van der Waals surface area contributed by atoms with Crippen LogP contribution < -0.4 is 10.5 Å². The summed E-state index contributed by atoms with van der Waals surface area (Å²) in [7, 11) is 1.60. The predicted octanol–water partition coefficient (Wildman–Crippen LogP) is 2.64. The van der Waals surface area contributed by atoms with Gasteiger partial charge in [0.25, 0.3) is 0 Å². The number of nitrogens with two attached hydrogens (primary N) is 1. The van der Waals surface area contributed by atoms with Crippen molar-refractivity contribution in [3.8, 4) is 11.8 Å². The fourth-order valence-corrected chi connectivity index (χ4v) is 4.82. The van der Waals surface area contributed by atoms with Gasteiger partial charge in [0.2, 0.25) is 0 Å². The Morgan fingerprint density at radius 3 is 2.72 bits per heavy atom. The molecule has 1 aromatic carbocycles. The number of anilines is 1. The fourth-order valence-electron chi connectivity index (χ4n) is 4.56. The predicted molar refractivity (Wildman–Crippen MR) is 122 cm³/mol. The van der Waals surface area contributed by atoms with Crippen LogP contribution in [0.2, 0.25) is 5.02 Å². The first kappa shape index (κ1) is 22.3. The van der Waals surface area contributed by atoms with Gasteiger partial charge in [-0.1, -0.05) is 11.6 Å². The van der Waals surface area contributed by atoms with E-state index in [4.69, 9.17) is 22.1 Å². The van der Waals surface area contributed by atoms with Crippen LogP contribution in [-0.2, 0) is 0 Å². The van der Waals surface area contributed by atoms with Crippen LogP contribution in [0, 0.1) is 18.3 Å². The average molecular weight is 456 g/mol. The smallest absolute Gasteiger partial charge is 0.164 e. The molecule has 3 aromatic rings. The van der Waals surface area contributed by atoms with Crippen molar-refractivity contribution in [3.05, 3.63) is 39.8 Å². The van der Waals surface area contributed by atoms with Crippen LogP contribution >= 0.6 is 11.6 Å². The molecule has 1 aliphatic rings. The van der Waals surface area contributed by atoms with Crippen LogP contribution in [0.3, 0.4) is 0 Å². The zero-order valence-electron chi connectivity index (χ0n) is 18.5. The molecule has 2 aromatic heterocycles. The number of hydrogen-bond donors (Lipinski definition) is 2. The van der Waals surface area contributed by atoms with Crippen molar-refractivity contribution in [2.24, 2.45) is 0 Å². The van der Waals surface area contributed by atoms with Gasteiger partial charge in [-0.25, -0.2) is 14.6 Å². The van der Waals surface area contributed by atoms with Crippen LogP contribution in [-0.4, -0.2) is 62.6 Å². The van der Waals surface area contributed by atoms with Gasteiger partial charge in [0, 0.05) is 36.7 Å². The Hall–Kier alpha value is -2.93. The Morgan fingerprint density at radius 2 is 2.09 bits per heavy atom. The van der Waals surface area contributed by atoms with Crippen molar-refractivity contribution >= 4 is 28.5 Å². The molecule has 1 saturated heterocycles. The Labute approximate surface area is 191 Å². The SMILES string of the molecule is COc1c([C@@H](C)n2nc(C)c3c(N)ncnc32)cc(Cl)c(C#N)c1C1CN(CC(C)O)C1. The lowest BCUT2D eigenvalue weighted by atomic mass is 9.85. The molecule has 0 radical (unpaired) electrons. The number of nitriles is 1. The summed E-state index contributed by atoms with van der Waals surface area (Å²) in [5.41, 5.74) is 9.44. The van der Waals surface area contributed by atoms with Crippen molar-refractivity contribution in [1.82, 2.24) is 24.6 Å². The molecule has 0 amide bonds. The van der Waals surface area contributed by atoms with E-state index in [-0.39, 0.29) is 12.0 Å². The zero-order valence-corrected chi connectivity index (χ0v) is 19.3. The van der Waals surface area contributed by atoms with Crippen molar-refractivity contribution in [2.45, 2.75) is 38.8 Å². The van der Waals surface area contributed by atoms with E-state index in [0.29, 0.717) is 39.7 Å². The number of β-amino-alcohol motifs (C(OH)–C–C–N with tert-alkyl or cyclic N) is 1. The number of aryl methyl sites for hydroxylation is 1. The highest BCUT2D eigenvalue weighted by Crippen LogP contribution is 2.44. The lowest BCUT2D eigenvalue weighted by molar-refractivity contribution is 0.0733. The van der Waals surface area contributed by atoms with E-state index >= 15 is 0 Å². The zero-order chi connectivity index (χ0) is 23.2. The number of rotatable bonds is 6. The van der Waals surface area contributed by atoms with Crippen molar-refractivity contribution < 1.29 is 9.84 Å². The highest BCUT2D eigenvalue weighted by atomic mass is 35.5. The third-order valence-electron chi connectivity index (χ3n) is 6.01. The molecule has 1 aliphatic heterocycles. The normalized spacial score (nSPS) is 16.5. The Balaban J connectivity index is 1.82. The van der Waals surface area contributed by atoms with E-state index in [9.17, 15) is 10.4 Å². The minimum atomic E-state index is -0.408. The van der Waals surface area contributed by atoms with Gasteiger partial charge in [0.15, 0.2) is 5.65 Å². The number of ether oxygens (including phenoxy) is 1. The molecule has 168 valence electrons. The van der Waals surface area contributed by atoms with Crippen LogP contribution in [0.4, 0.5) is 5.82 Å². The van der Waals surface area contributed by atoms with Gasteiger partial charge < -0.3 is 15.6 Å². The number of hydrogen-bond acceptors (Lipinski definition) is 8. The van der Waals surface area contributed by atoms with E-state index in [2.05, 4.69) is 26.0 Å². The molecule has 32 heavy (non-hydrogen) atoms. The molecule has 1 unspecified atom stereocenters. The molecule has 0 saturated carbocycles. The number of aliphatic hydroxyl groups excluding tert-OH is 1. The summed E-state index contributed by atoms with van der Waals surface area (Å²) >= 11 is 6.58. The third kappa shape index (κ3) is 3.64. The van der Waals surface area contributed by atoms with Gasteiger partial charge in [-0.2, -0.15) is 10.4 Å². The largest absolute Gasteiger partial charge is 0.496 e. The second kappa shape index (κ2) is 8.54. The number of benzene rings is 1. The number of fused-ring (bicyclic) bond motifs is 1. The average Bonchev–Trinajstić information content (AvgIpc) is 3.06. The first-order chi connectivity index (χ1) is 15.3. The quantitative estimate of drug-likeness (QED) is 0.580. The highest BCUT2D eigenvalue weighted by molar-refractivity contribution is 6.32. The fraction of sp³-hybridized carbons (Fsp3) is 0.455. The number of nitrogen functional groups attached to an aromatic ring is 1. The lowest BCUT2D eigenvalue weighted by Crippen LogP contribution is -2.48. The van der Waals surface area contributed by atoms with Crippen LogP contribution in [0.1, 0.15) is 48.2 Å². The molecule has 0 spiro atoms.